The Balaban J connectivity index is 0.00000204. The number of carbonyl (C=O) groups excluding carboxylic acids is 2. The normalized spacial score (nSPS) is 10.8. The molecular formula is C21H25FN4O2S. The van der Waals surface area contributed by atoms with Crippen LogP contribution in [0.3, 0.4) is 0 Å². The number of hydrogen-bond acceptors (Lipinski definition) is 6. The molecule has 1 heterocycles. The first kappa shape index (κ1) is 23.9. The Hall–Kier alpha value is -3.13. The van der Waals surface area contributed by atoms with Crippen molar-refractivity contribution in [3.05, 3.63) is 65.7 Å². The number of Topliss-reactive ketones (excluding diaryl/α,β-unsaturated/α-hetero) is 1. The molecule has 0 bridgehead atoms. The van der Waals surface area contributed by atoms with Crippen LogP contribution in [0.2, 0.25) is 0 Å². The summed E-state index contributed by atoms with van der Waals surface area (Å²) in [5.41, 5.74) is 3.55. The fourth-order valence-electron chi connectivity index (χ4n) is 2.19. The van der Waals surface area contributed by atoms with Crippen LogP contribution in [-0.4, -0.2) is 35.1 Å². The van der Waals surface area contributed by atoms with Crippen molar-refractivity contribution in [1.82, 2.24) is 10.2 Å². The third-order valence-electron chi connectivity index (χ3n) is 3.59. The number of nitrogens with one attached hydrogen (secondary N) is 2. The van der Waals surface area contributed by atoms with E-state index in [2.05, 4.69) is 27.4 Å². The lowest BCUT2D eigenvalue weighted by molar-refractivity contribution is -0.131. The fourth-order valence-corrected chi connectivity index (χ4v) is 2.63. The van der Waals surface area contributed by atoms with E-state index >= 15 is 0 Å². The monoisotopic (exact) mass is 416 g/mol. The van der Waals surface area contributed by atoms with Crippen LogP contribution >= 0.6 is 11.3 Å². The Morgan fingerprint density at radius 1 is 1.28 bits per heavy atom. The number of nitrogens with zero attached hydrogens (tertiary/aromatic N) is 2. The first-order valence-corrected chi connectivity index (χ1v) is 9.96. The molecular weight excluding hydrogens is 391 g/mol. The number of rotatable bonds is 9. The van der Waals surface area contributed by atoms with Crippen LogP contribution in [0.15, 0.2) is 60.2 Å². The predicted octanol–water partition coefficient (Wildman–Crippen LogP) is 4.67. The molecule has 1 aromatic carbocycles. The number of allylic oxidation sites excluding steroid dienone is 2. The summed E-state index contributed by atoms with van der Waals surface area (Å²) in [6.45, 7) is 9.52. The average molecular weight is 417 g/mol. The molecule has 1 aromatic heterocycles. The predicted molar refractivity (Wildman–Crippen MR) is 118 cm³/mol. The zero-order valence-electron chi connectivity index (χ0n) is 16.7. The summed E-state index contributed by atoms with van der Waals surface area (Å²) >= 11 is 1.11. The van der Waals surface area contributed by atoms with Gasteiger partial charge in [0.2, 0.25) is 5.13 Å². The molecule has 2 aromatic rings. The summed E-state index contributed by atoms with van der Waals surface area (Å²) in [6.07, 6.45) is 4.96. The fraction of sp³-hybridized carbons (Fsp3) is 0.238. The van der Waals surface area contributed by atoms with Crippen molar-refractivity contribution in [2.75, 3.05) is 23.9 Å². The highest BCUT2D eigenvalue weighted by Crippen LogP contribution is 2.24. The van der Waals surface area contributed by atoms with Crippen LogP contribution in [0.4, 0.5) is 15.2 Å². The van der Waals surface area contributed by atoms with E-state index in [1.807, 2.05) is 26.8 Å². The molecule has 0 aliphatic rings. The van der Waals surface area contributed by atoms with E-state index < -0.39 is 18.4 Å². The highest BCUT2D eigenvalue weighted by atomic mass is 32.1. The minimum atomic E-state index is -0.827. The van der Waals surface area contributed by atoms with Gasteiger partial charge in [-0.1, -0.05) is 68.2 Å². The standard InChI is InChI=1S/C19H19FN4O2S.C2H6/c1-3-14(7-6-10-20)11-21-16-9-5-4-8-15(16)13(2)17(25)18(26)23-19-24-22-12-27-19;1-2/h3-9,12,21H,2,10-11H2,1H3,(H,23,24,26);1-2H3/b7-6-,14-3+;. The molecule has 154 valence electrons. The molecule has 0 saturated heterocycles. The smallest absolute Gasteiger partial charge is 0.298 e. The van der Waals surface area contributed by atoms with Crippen molar-refractivity contribution in [1.29, 1.82) is 0 Å². The minimum Gasteiger partial charge on any atom is -0.380 e. The molecule has 0 aliphatic carbocycles. The van der Waals surface area contributed by atoms with Crippen molar-refractivity contribution in [3.63, 3.8) is 0 Å². The number of benzene rings is 1. The summed E-state index contributed by atoms with van der Waals surface area (Å²) in [5, 5.41) is 13.1. The third-order valence-corrected chi connectivity index (χ3v) is 4.19. The van der Waals surface area contributed by atoms with Crippen LogP contribution in [0.5, 0.6) is 0 Å². The summed E-state index contributed by atoms with van der Waals surface area (Å²) in [6, 6.07) is 7.04. The van der Waals surface area contributed by atoms with Crippen LogP contribution in [0.25, 0.3) is 5.57 Å². The Morgan fingerprint density at radius 3 is 2.62 bits per heavy atom. The average Bonchev–Trinajstić information content (AvgIpc) is 3.27. The maximum atomic E-state index is 12.4. The van der Waals surface area contributed by atoms with Gasteiger partial charge >= 0.3 is 0 Å². The largest absolute Gasteiger partial charge is 0.380 e. The molecule has 0 fully saturated rings. The molecule has 0 radical (unpaired) electrons. The SMILES string of the molecule is C=C(C(=O)C(=O)Nc1nncs1)c1ccccc1NCC(/C=C\CF)=C/C.CC. The van der Waals surface area contributed by atoms with E-state index in [0.29, 0.717) is 17.8 Å². The molecule has 0 aliphatic heterocycles. The number of para-hydroxylation sites is 1. The molecule has 2 rings (SSSR count). The van der Waals surface area contributed by atoms with Gasteiger partial charge in [0.1, 0.15) is 12.2 Å². The third kappa shape index (κ3) is 7.42. The van der Waals surface area contributed by atoms with Crippen molar-refractivity contribution in [3.8, 4) is 0 Å². The minimum absolute atomic E-state index is 0.0569. The van der Waals surface area contributed by atoms with Gasteiger partial charge in [0, 0.05) is 23.4 Å². The van der Waals surface area contributed by atoms with Gasteiger partial charge in [-0.2, -0.15) is 0 Å². The van der Waals surface area contributed by atoms with Crippen molar-refractivity contribution < 1.29 is 14.0 Å². The Kier molecular flexibility index (Phi) is 10.8. The van der Waals surface area contributed by atoms with E-state index in [1.165, 1.54) is 11.6 Å². The number of aromatic nitrogens is 2. The second kappa shape index (κ2) is 13.1. The van der Waals surface area contributed by atoms with Crippen molar-refractivity contribution >= 4 is 39.4 Å². The van der Waals surface area contributed by atoms with E-state index in [-0.39, 0.29) is 10.7 Å². The number of halogens is 1. The lowest BCUT2D eigenvalue weighted by Gasteiger charge is -2.13. The van der Waals surface area contributed by atoms with E-state index in [0.717, 1.165) is 16.9 Å². The number of hydrogen-bond donors (Lipinski definition) is 2. The summed E-state index contributed by atoms with van der Waals surface area (Å²) < 4.78 is 12.3. The molecule has 1 amide bonds. The van der Waals surface area contributed by atoms with Gasteiger partial charge in [-0.25, -0.2) is 4.39 Å². The highest BCUT2D eigenvalue weighted by Gasteiger charge is 2.21. The molecule has 2 N–H and O–H groups in total. The number of alkyl halides is 1. The molecule has 0 spiro atoms. The first-order valence-electron chi connectivity index (χ1n) is 9.08. The molecule has 0 saturated carbocycles. The topological polar surface area (TPSA) is 84.0 Å². The van der Waals surface area contributed by atoms with Crippen LogP contribution in [0.1, 0.15) is 26.3 Å². The Bertz CT molecular complexity index is 877. The summed E-state index contributed by atoms with van der Waals surface area (Å²) in [7, 11) is 0. The molecule has 0 unspecified atom stereocenters. The quantitative estimate of drug-likeness (QED) is 0.353. The second-order valence-electron chi connectivity index (χ2n) is 5.33. The lowest BCUT2D eigenvalue weighted by atomic mass is 10.0. The lowest BCUT2D eigenvalue weighted by Crippen LogP contribution is -2.23. The van der Waals surface area contributed by atoms with Gasteiger partial charge in [-0.05, 0) is 18.6 Å². The number of carbonyl (C=O) groups is 2. The van der Waals surface area contributed by atoms with Gasteiger partial charge in [0.25, 0.3) is 11.7 Å². The van der Waals surface area contributed by atoms with Crippen LogP contribution in [-0.2, 0) is 9.59 Å². The molecule has 0 atom stereocenters. The summed E-state index contributed by atoms with van der Waals surface area (Å²) in [4.78, 5) is 24.5. The van der Waals surface area contributed by atoms with Gasteiger partial charge in [0.05, 0.1) is 0 Å². The molecule has 6 nitrogen and oxygen atoms in total. The van der Waals surface area contributed by atoms with Crippen LogP contribution in [0, 0.1) is 0 Å². The van der Waals surface area contributed by atoms with Gasteiger partial charge in [-0.15, -0.1) is 10.2 Å². The van der Waals surface area contributed by atoms with Crippen molar-refractivity contribution in [2.24, 2.45) is 0 Å². The summed E-state index contributed by atoms with van der Waals surface area (Å²) in [5.74, 6) is -1.59. The zero-order chi connectivity index (χ0) is 21.6. The first-order chi connectivity index (χ1) is 14.1. The maximum absolute atomic E-state index is 12.4. The zero-order valence-corrected chi connectivity index (χ0v) is 17.6. The van der Waals surface area contributed by atoms with Crippen LogP contribution < -0.4 is 10.6 Å². The van der Waals surface area contributed by atoms with Gasteiger partial charge in [-0.3, -0.25) is 14.9 Å². The Morgan fingerprint density at radius 2 is 2.00 bits per heavy atom. The van der Waals surface area contributed by atoms with E-state index in [4.69, 9.17) is 0 Å². The second-order valence-corrected chi connectivity index (χ2v) is 6.16. The van der Waals surface area contributed by atoms with E-state index in [1.54, 1.807) is 30.3 Å². The van der Waals surface area contributed by atoms with E-state index in [9.17, 15) is 14.0 Å². The Labute approximate surface area is 174 Å². The number of anilines is 2. The molecule has 29 heavy (non-hydrogen) atoms. The maximum Gasteiger partial charge on any atom is 0.298 e. The van der Waals surface area contributed by atoms with Gasteiger partial charge < -0.3 is 5.32 Å². The number of ketones is 1. The van der Waals surface area contributed by atoms with Gasteiger partial charge in [0.15, 0.2) is 0 Å². The molecule has 8 heteroatoms. The highest BCUT2D eigenvalue weighted by molar-refractivity contribution is 7.13. The number of amides is 1. The van der Waals surface area contributed by atoms with Crippen molar-refractivity contribution in [2.45, 2.75) is 20.8 Å².